The van der Waals surface area contributed by atoms with Crippen molar-refractivity contribution in [2.45, 2.75) is 89.1 Å². The van der Waals surface area contributed by atoms with Gasteiger partial charge in [0.15, 0.2) is 0 Å². The SMILES string of the molecule is O=C(N[C@@H]1CCCC[C@H]1NC(=O)C1CCCN(C(=O)C23CC4CC(CC(C4)C2)C3)C1)c1ccc(F)cc1. The Morgan fingerprint density at radius 3 is 2.03 bits per heavy atom. The molecule has 6 aliphatic rings. The van der Waals surface area contributed by atoms with Crippen molar-refractivity contribution in [2.24, 2.45) is 29.1 Å². The van der Waals surface area contributed by atoms with Crippen molar-refractivity contribution in [3.8, 4) is 0 Å². The predicted octanol–water partition coefficient (Wildman–Crippen LogP) is 4.44. The molecule has 3 atom stereocenters. The molecule has 1 heterocycles. The van der Waals surface area contributed by atoms with Crippen molar-refractivity contribution in [3.05, 3.63) is 35.6 Å². The van der Waals surface area contributed by atoms with Gasteiger partial charge in [0.25, 0.3) is 5.91 Å². The van der Waals surface area contributed by atoms with Gasteiger partial charge in [-0.25, -0.2) is 4.39 Å². The van der Waals surface area contributed by atoms with Gasteiger partial charge in [0.05, 0.1) is 11.3 Å². The van der Waals surface area contributed by atoms with Gasteiger partial charge in [0.2, 0.25) is 11.8 Å². The number of hydrogen-bond donors (Lipinski definition) is 2. The summed E-state index contributed by atoms with van der Waals surface area (Å²) in [5, 5.41) is 6.32. The molecule has 1 saturated heterocycles. The van der Waals surface area contributed by atoms with Crippen LogP contribution >= 0.6 is 0 Å². The molecule has 5 aliphatic carbocycles. The number of piperidine rings is 1. The second-order valence-corrected chi connectivity index (χ2v) is 12.8. The van der Waals surface area contributed by atoms with Crippen LogP contribution in [0.25, 0.3) is 0 Å². The first-order chi connectivity index (χ1) is 17.9. The highest BCUT2D eigenvalue weighted by Gasteiger charge is 2.56. The fraction of sp³-hybridized carbons (Fsp3) is 0.700. The number of benzene rings is 1. The molecule has 1 unspecified atom stereocenters. The summed E-state index contributed by atoms with van der Waals surface area (Å²) < 4.78 is 13.3. The number of likely N-dealkylation sites (tertiary alicyclic amines) is 1. The minimum Gasteiger partial charge on any atom is -0.351 e. The van der Waals surface area contributed by atoms with Gasteiger partial charge in [-0.1, -0.05) is 12.8 Å². The van der Waals surface area contributed by atoms with Gasteiger partial charge in [0, 0.05) is 30.7 Å². The molecule has 4 bridgehead atoms. The van der Waals surface area contributed by atoms with E-state index in [1.807, 2.05) is 4.90 Å². The highest BCUT2D eigenvalue weighted by Crippen LogP contribution is 2.60. The molecule has 37 heavy (non-hydrogen) atoms. The highest BCUT2D eigenvalue weighted by molar-refractivity contribution is 5.94. The van der Waals surface area contributed by atoms with Crippen LogP contribution in [-0.4, -0.2) is 47.8 Å². The van der Waals surface area contributed by atoms with E-state index in [0.29, 0.717) is 18.0 Å². The fourth-order valence-corrected chi connectivity index (χ4v) is 8.71. The zero-order chi connectivity index (χ0) is 25.6. The van der Waals surface area contributed by atoms with Crippen LogP contribution in [0, 0.1) is 34.9 Å². The number of nitrogens with one attached hydrogen (secondary N) is 2. The van der Waals surface area contributed by atoms with Gasteiger partial charge >= 0.3 is 0 Å². The molecule has 200 valence electrons. The molecule has 7 rings (SSSR count). The molecule has 6 fully saturated rings. The Hall–Kier alpha value is -2.44. The third kappa shape index (κ3) is 5.03. The monoisotopic (exact) mass is 509 g/mol. The smallest absolute Gasteiger partial charge is 0.251 e. The number of carbonyl (C=O) groups is 3. The first kappa shape index (κ1) is 24.9. The van der Waals surface area contributed by atoms with Crippen molar-refractivity contribution in [3.63, 3.8) is 0 Å². The summed E-state index contributed by atoms with van der Waals surface area (Å²) in [4.78, 5) is 42.1. The lowest BCUT2D eigenvalue weighted by Crippen LogP contribution is -2.58. The van der Waals surface area contributed by atoms with Crippen molar-refractivity contribution in [1.82, 2.24) is 15.5 Å². The number of amides is 3. The Morgan fingerprint density at radius 2 is 1.41 bits per heavy atom. The molecule has 6 nitrogen and oxygen atoms in total. The molecule has 0 radical (unpaired) electrons. The summed E-state index contributed by atoms with van der Waals surface area (Å²) in [7, 11) is 0. The average Bonchev–Trinajstić information content (AvgIpc) is 2.89. The second kappa shape index (κ2) is 10.0. The Balaban J connectivity index is 1.07. The van der Waals surface area contributed by atoms with Gasteiger partial charge < -0.3 is 15.5 Å². The van der Waals surface area contributed by atoms with Crippen LogP contribution < -0.4 is 10.6 Å². The molecular weight excluding hydrogens is 469 g/mol. The zero-order valence-electron chi connectivity index (χ0n) is 21.7. The maximum absolute atomic E-state index is 13.9. The van der Waals surface area contributed by atoms with Gasteiger partial charge in [-0.15, -0.1) is 0 Å². The van der Waals surface area contributed by atoms with E-state index < -0.39 is 0 Å². The predicted molar refractivity (Wildman–Crippen MR) is 138 cm³/mol. The lowest BCUT2D eigenvalue weighted by Gasteiger charge is -2.57. The molecule has 1 aromatic carbocycles. The van der Waals surface area contributed by atoms with Crippen LogP contribution in [0.1, 0.15) is 87.4 Å². The fourth-order valence-electron chi connectivity index (χ4n) is 8.71. The van der Waals surface area contributed by atoms with E-state index in [0.717, 1.165) is 82.1 Å². The molecule has 1 aliphatic heterocycles. The lowest BCUT2D eigenvalue weighted by molar-refractivity contribution is -0.160. The molecule has 0 aromatic heterocycles. The second-order valence-electron chi connectivity index (χ2n) is 12.8. The van der Waals surface area contributed by atoms with Crippen LogP contribution in [0.5, 0.6) is 0 Å². The summed E-state index contributed by atoms with van der Waals surface area (Å²) in [6, 6.07) is 5.27. The summed E-state index contributed by atoms with van der Waals surface area (Å²) in [6.45, 7) is 1.29. The topological polar surface area (TPSA) is 78.5 Å². The molecule has 0 spiro atoms. The van der Waals surface area contributed by atoms with E-state index in [2.05, 4.69) is 10.6 Å². The number of nitrogens with zero attached hydrogens (tertiary/aromatic N) is 1. The summed E-state index contributed by atoms with van der Waals surface area (Å²) in [5.41, 5.74) is 0.259. The maximum Gasteiger partial charge on any atom is 0.251 e. The first-order valence-electron chi connectivity index (χ1n) is 14.5. The number of carbonyl (C=O) groups excluding carboxylic acids is 3. The summed E-state index contributed by atoms with van der Waals surface area (Å²) in [5.74, 6) is 1.72. The summed E-state index contributed by atoms with van der Waals surface area (Å²) in [6.07, 6.45) is 12.4. The Kier molecular flexibility index (Phi) is 6.74. The standard InChI is InChI=1S/C30H40FN3O3/c31-24-9-7-22(8-10-24)27(35)32-25-5-1-2-6-26(25)33-28(36)23-4-3-11-34(18-23)29(37)30-15-19-12-20(16-30)14-21(13-19)17-30/h7-10,19-21,23,25-26H,1-6,11-18H2,(H,32,35)(H,33,36)/t19?,20?,21?,23?,25-,26-,30?/m1/s1. The molecule has 3 amide bonds. The van der Waals surface area contributed by atoms with Crippen LogP contribution in [0.4, 0.5) is 4.39 Å². The normalized spacial score (nSPS) is 36.7. The minimum atomic E-state index is -0.373. The lowest BCUT2D eigenvalue weighted by atomic mass is 9.49. The van der Waals surface area contributed by atoms with Crippen LogP contribution in [0.15, 0.2) is 24.3 Å². The van der Waals surface area contributed by atoms with Crippen molar-refractivity contribution < 1.29 is 18.8 Å². The van der Waals surface area contributed by atoms with Crippen molar-refractivity contribution >= 4 is 17.7 Å². The molecule has 7 heteroatoms. The van der Waals surface area contributed by atoms with Crippen molar-refractivity contribution in [1.29, 1.82) is 0 Å². The Labute approximate surface area is 219 Å². The Bertz CT molecular complexity index is 1010. The van der Waals surface area contributed by atoms with Gasteiger partial charge in [-0.05, 0) is 106 Å². The first-order valence-corrected chi connectivity index (χ1v) is 14.5. The molecule has 5 saturated carbocycles. The van der Waals surface area contributed by atoms with Crippen LogP contribution in [0.2, 0.25) is 0 Å². The maximum atomic E-state index is 13.9. The molecule has 2 N–H and O–H groups in total. The number of halogens is 1. The van der Waals surface area contributed by atoms with Gasteiger partial charge in [-0.3, -0.25) is 14.4 Å². The van der Waals surface area contributed by atoms with Gasteiger partial charge in [-0.2, -0.15) is 0 Å². The van der Waals surface area contributed by atoms with E-state index in [-0.39, 0.29) is 41.0 Å². The van der Waals surface area contributed by atoms with E-state index in [1.54, 1.807) is 0 Å². The van der Waals surface area contributed by atoms with E-state index >= 15 is 0 Å². The van der Waals surface area contributed by atoms with Gasteiger partial charge in [0.1, 0.15) is 5.82 Å². The van der Waals surface area contributed by atoms with E-state index in [9.17, 15) is 18.8 Å². The molecule has 1 aromatic rings. The molecular formula is C30H40FN3O3. The van der Waals surface area contributed by atoms with E-state index in [4.69, 9.17) is 0 Å². The Morgan fingerprint density at radius 1 is 0.811 bits per heavy atom. The summed E-state index contributed by atoms with van der Waals surface area (Å²) >= 11 is 0. The average molecular weight is 510 g/mol. The minimum absolute atomic E-state index is 0.0101. The zero-order valence-corrected chi connectivity index (χ0v) is 21.7. The quantitative estimate of drug-likeness (QED) is 0.616. The highest BCUT2D eigenvalue weighted by atomic mass is 19.1. The van der Waals surface area contributed by atoms with Crippen LogP contribution in [0.3, 0.4) is 0 Å². The number of rotatable bonds is 5. The third-order valence-corrected chi connectivity index (χ3v) is 10.1. The van der Waals surface area contributed by atoms with Crippen LogP contribution in [-0.2, 0) is 9.59 Å². The largest absolute Gasteiger partial charge is 0.351 e. The van der Waals surface area contributed by atoms with Crippen molar-refractivity contribution in [2.75, 3.05) is 13.1 Å². The van der Waals surface area contributed by atoms with E-state index in [1.165, 1.54) is 43.5 Å². The number of hydrogen-bond acceptors (Lipinski definition) is 3. The third-order valence-electron chi connectivity index (χ3n) is 10.1.